The Morgan fingerprint density at radius 1 is 0.358 bits per heavy atom. The number of aliphatic hydroxyl groups is 2. The number of amides is 1. The number of carbonyl (C=O) groups excluding carboxylic acids is 1. The van der Waals surface area contributed by atoms with Crippen molar-refractivity contribution in [2.45, 2.75) is 315 Å². The van der Waals surface area contributed by atoms with Gasteiger partial charge in [0.15, 0.2) is 0 Å². The first-order valence-electron chi connectivity index (χ1n) is 29.7. The fourth-order valence-electron chi connectivity index (χ4n) is 8.87. The molecule has 0 bridgehead atoms. The second kappa shape index (κ2) is 58.1. The van der Waals surface area contributed by atoms with Crippen LogP contribution in [0.25, 0.3) is 0 Å². The van der Waals surface area contributed by atoms with Crippen molar-refractivity contribution in [3.05, 3.63) is 72.9 Å². The minimum Gasteiger partial charge on any atom is -0.394 e. The van der Waals surface area contributed by atoms with Crippen LogP contribution in [0.1, 0.15) is 303 Å². The maximum absolute atomic E-state index is 12.5. The Morgan fingerprint density at radius 2 is 0.627 bits per heavy atom. The molecule has 0 fully saturated rings. The fourth-order valence-corrected chi connectivity index (χ4v) is 8.87. The van der Waals surface area contributed by atoms with E-state index < -0.39 is 12.1 Å². The minimum atomic E-state index is -0.877. The molecule has 390 valence electrons. The SMILES string of the molecule is CCCCCCC/C=C\C/C=C\C/C=C\CCCCCCCCCCCCC(=O)NC(CO)C(O)/C=C/CC/C=C/CC/C=C/CCCCCCCCCCCCCCCCCCCCCC. The second-order valence-electron chi connectivity index (χ2n) is 20.0. The molecule has 1 amide bonds. The lowest BCUT2D eigenvalue weighted by Crippen LogP contribution is -2.45. The van der Waals surface area contributed by atoms with Gasteiger partial charge in [0.1, 0.15) is 0 Å². The van der Waals surface area contributed by atoms with Gasteiger partial charge in [-0.25, -0.2) is 0 Å². The summed E-state index contributed by atoms with van der Waals surface area (Å²) in [6.07, 6.45) is 83.6. The summed E-state index contributed by atoms with van der Waals surface area (Å²) in [7, 11) is 0. The molecule has 0 saturated heterocycles. The molecule has 0 heterocycles. The zero-order valence-electron chi connectivity index (χ0n) is 44.9. The first-order chi connectivity index (χ1) is 33.2. The van der Waals surface area contributed by atoms with Crippen molar-refractivity contribution in [2.75, 3.05) is 6.61 Å². The highest BCUT2D eigenvalue weighted by molar-refractivity contribution is 5.76. The lowest BCUT2D eigenvalue weighted by atomic mass is 10.0. The molecular weight excluding hydrogens is 819 g/mol. The van der Waals surface area contributed by atoms with Crippen LogP contribution in [0, 0.1) is 0 Å². The van der Waals surface area contributed by atoms with Crippen molar-refractivity contribution in [3.8, 4) is 0 Å². The topological polar surface area (TPSA) is 69.6 Å². The fraction of sp³-hybridized carbons (Fsp3) is 0.794. The predicted octanol–water partition coefficient (Wildman–Crippen LogP) is 19.8. The molecule has 0 aromatic rings. The average molecular weight is 935 g/mol. The highest BCUT2D eigenvalue weighted by Gasteiger charge is 2.18. The van der Waals surface area contributed by atoms with Crippen molar-refractivity contribution >= 4 is 5.91 Å². The number of unbranched alkanes of at least 4 members (excludes halogenated alkanes) is 37. The zero-order chi connectivity index (χ0) is 48.5. The van der Waals surface area contributed by atoms with Gasteiger partial charge < -0.3 is 15.5 Å². The van der Waals surface area contributed by atoms with Gasteiger partial charge >= 0.3 is 0 Å². The number of nitrogens with one attached hydrogen (secondary N) is 1. The summed E-state index contributed by atoms with van der Waals surface area (Å²) in [5.41, 5.74) is 0. The largest absolute Gasteiger partial charge is 0.394 e. The lowest BCUT2D eigenvalue weighted by molar-refractivity contribution is -0.123. The van der Waals surface area contributed by atoms with Gasteiger partial charge in [-0.3, -0.25) is 4.79 Å². The van der Waals surface area contributed by atoms with Gasteiger partial charge in [0.2, 0.25) is 5.91 Å². The standard InChI is InChI=1S/C63H115NO3/c1-3-5-7-9-11-13-15-17-19-21-23-25-27-29-30-31-32-33-35-36-38-40-42-44-46-48-50-52-54-56-58-62(66)61(60-65)64-63(67)59-57-55-53-51-49-47-45-43-41-39-37-34-28-26-24-22-20-18-16-14-12-10-8-6-4-2/h16,18,22,24,28,34,40,42,48,50,56,58,61-62,65-66H,3-15,17,19-21,23,25-27,29-33,35-39,41,43-47,49,51-55,57,59-60H2,1-2H3,(H,64,67)/b18-16-,24-22-,34-28-,42-40+,50-48+,58-56+. The molecule has 0 saturated carbocycles. The van der Waals surface area contributed by atoms with Crippen LogP contribution in [0.15, 0.2) is 72.9 Å². The second-order valence-corrected chi connectivity index (χ2v) is 20.0. The summed E-state index contributed by atoms with van der Waals surface area (Å²) in [5.74, 6) is -0.0814. The third kappa shape index (κ3) is 54.6. The molecule has 2 atom stereocenters. The molecule has 4 nitrogen and oxygen atoms in total. The molecule has 0 aromatic heterocycles. The summed E-state index contributed by atoms with van der Waals surface area (Å²) in [5, 5.41) is 23.2. The Labute approximate surface area is 419 Å². The number of rotatable bonds is 54. The third-order valence-electron chi connectivity index (χ3n) is 13.4. The summed E-state index contributed by atoms with van der Waals surface area (Å²) in [6.45, 7) is 4.30. The maximum Gasteiger partial charge on any atom is 0.220 e. The maximum atomic E-state index is 12.5. The third-order valence-corrected chi connectivity index (χ3v) is 13.4. The number of hydrogen-bond acceptors (Lipinski definition) is 3. The van der Waals surface area contributed by atoms with Crippen molar-refractivity contribution in [1.82, 2.24) is 5.32 Å². The van der Waals surface area contributed by atoms with Crippen LogP contribution in [-0.4, -0.2) is 34.9 Å². The normalized spacial score (nSPS) is 13.3. The summed E-state index contributed by atoms with van der Waals surface area (Å²) >= 11 is 0. The molecule has 0 spiro atoms. The predicted molar refractivity (Wildman–Crippen MR) is 299 cm³/mol. The molecule has 67 heavy (non-hydrogen) atoms. The Balaban J connectivity index is 3.57. The Kier molecular flexibility index (Phi) is 56.3. The summed E-state index contributed by atoms with van der Waals surface area (Å²) in [4.78, 5) is 12.5. The first-order valence-corrected chi connectivity index (χ1v) is 29.7. The van der Waals surface area contributed by atoms with E-state index in [-0.39, 0.29) is 12.5 Å². The van der Waals surface area contributed by atoms with E-state index in [1.54, 1.807) is 6.08 Å². The monoisotopic (exact) mass is 934 g/mol. The molecule has 0 aliphatic carbocycles. The van der Waals surface area contributed by atoms with E-state index in [0.717, 1.165) is 51.4 Å². The van der Waals surface area contributed by atoms with Gasteiger partial charge in [0, 0.05) is 6.42 Å². The summed E-state index contributed by atoms with van der Waals surface area (Å²) in [6, 6.07) is -0.653. The number of aliphatic hydroxyl groups excluding tert-OH is 2. The molecule has 0 aromatic carbocycles. The van der Waals surface area contributed by atoms with Crippen molar-refractivity contribution in [3.63, 3.8) is 0 Å². The van der Waals surface area contributed by atoms with Gasteiger partial charge in [-0.2, -0.15) is 0 Å². The van der Waals surface area contributed by atoms with E-state index in [1.165, 1.54) is 231 Å². The molecule has 2 unspecified atom stereocenters. The highest BCUT2D eigenvalue weighted by atomic mass is 16.3. The van der Waals surface area contributed by atoms with Crippen LogP contribution >= 0.6 is 0 Å². The number of allylic oxidation sites excluding steroid dienone is 11. The van der Waals surface area contributed by atoms with E-state index in [9.17, 15) is 15.0 Å². The van der Waals surface area contributed by atoms with Gasteiger partial charge in [0.25, 0.3) is 0 Å². The zero-order valence-corrected chi connectivity index (χ0v) is 44.9. The number of carbonyl (C=O) groups is 1. The van der Waals surface area contributed by atoms with E-state index in [0.29, 0.717) is 6.42 Å². The van der Waals surface area contributed by atoms with Crippen LogP contribution in [0.2, 0.25) is 0 Å². The molecule has 0 aliphatic heterocycles. The number of hydrogen-bond donors (Lipinski definition) is 3. The van der Waals surface area contributed by atoms with Crippen LogP contribution in [-0.2, 0) is 4.79 Å². The van der Waals surface area contributed by atoms with Gasteiger partial charge in [-0.15, -0.1) is 0 Å². The van der Waals surface area contributed by atoms with E-state index in [2.05, 4.69) is 79.9 Å². The highest BCUT2D eigenvalue weighted by Crippen LogP contribution is 2.16. The molecule has 0 rings (SSSR count). The Hall–Kier alpha value is -2.17. The Bertz CT molecular complexity index is 1150. The van der Waals surface area contributed by atoms with Gasteiger partial charge in [-0.1, -0.05) is 286 Å². The van der Waals surface area contributed by atoms with Crippen molar-refractivity contribution in [1.29, 1.82) is 0 Å². The quantitative estimate of drug-likeness (QED) is 0.0420. The molecule has 0 aliphatic rings. The molecular formula is C63H115NO3. The first kappa shape index (κ1) is 64.8. The van der Waals surface area contributed by atoms with Crippen LogP contribution in [0.5, 0.6) is 0 Å². The van der Waals surface area contributed by atoms with E-state index >= 15 is 0 Å². The average Bonchev–Trinajstić information content (AvgIpc) is 3.33. The van der Waals surface area contributed by atoms with E-state index in [1.807, 2.05) is 6.08 Å². The molecule has 0 radical (unpaired) electrons. The van der Waals surface area contributed by atoms with E-state index in [4.69, 9.17) is 0 Å². The van der Waals surface area contributed by atoms with Gasteiger partial charge in [-0.05, 0) is 83.5 Å². The smallest absolute Gasteiger partial charge is 0.220 e. The van der Waals surface area contributed by atoms with Crippen LogP contribution < -0.4 is 5.32 Å². The lowest BCUT2D eigenvalue weighted by Gasteiger charge is -2.19. The molecule has 4 heteroatoms. The summed E-state index contributed by atoms with van der Waals surface area (Å²) < 4.78 is 0. The van der Waals surface area contributed by atoms with Crippen LogP contribution in [0.3, 0.4) is 0 Å². The Morgan fingerprint density at radius 3 is 0.970 bits per heavy atom. The minimum absolute atomic E-state index is 0.0814. The van der Waals surface area contributed by atoms with Gasteiger partial charge in [0.05, 0.1) is 18.8 Å². The van der Waals surface area contributed by atoms with Crippen LogP contribution in [0.4, 0.5) is 0 Å². The molecule has 3 N–H and O–H groups in total. The van der Waals surface area contributed by atoms with Crippen molar-refractivity contribution in [2.24, 2.45) is 0 Å². The van der Waals surface area contributed by atoms with Crippen molar-refractivity contribution < 1.29 is 15.0 Å².